The number of carbonyl (C=O) groups is 2. The number of amides is 2. The van der Waals surface area contributed by atoms with Crippen LogP contribution in [0.3, 0.4) is 0 Å². The van der Waals surface area contributed by atoms with Crippen LogP contribution in [0.5, 0.6) is 5.75 Å². The molecule has 2 aliphatic rings. The summed E-state index contributed by atoms with van der Waals surface area (Å²) in [6, 6.07) is 7.43. The van der Waals surface area contributed by atoms with Crippen LogP contribution in [0.1, 0.15) is 57.6 Å². The number of aromatic nitrogens is 4. The van der Waals surface area contributed by atoms with Gasteiger partial charge in [0.15, 0.2) is 5.82 Å². The van der Waals surface area contributed by atoms with Crippen molar-refractivity contribution in [1.29, 1.82) is 0 Å². The Kier molecular flexibility index (Phi) is 5.32. The summed E-state index contributed by atoms with van der Waals surface area (Å²) in [7, 11) is 1.63. The number of aryl methyl sites for hydroxylation is 2. The van der Waals surface area contributed by atoms with Crippen molar-refractivity contribution in [2.24, 2.45) is 0 Å². The highest BCUT2D eigenvalue weighted by atomic mass is 16.5. The predicted molar refractivity (Wildman–Crippen MR) is 121 cm³/mol. The van der Waals surface area contributed by atoms with E-state index in [-0.39, 0.29) is 17.9 Å². The number of ether oxygens (including phenoxy) is 1. The minimum Gasteiger partial charge on any atom is -0.497 e. The predicted octanol–water partition coefficient (Wildman–Crippen LogP) is 2.89. The number of hydrogen-bond donors (Lipinski definition) is 1. The molecule has 1 atom stereocenters. The van der Waals surface area contributed by atoms with Gasteiger partial charge in [0.2, 0.25) is 5.91 Å². The van der Waals surface area contributed by atoms with Gasteiger partial charge in [-0.15, -0.1) is 0 Å². The normalized spacial score (nSPS) is 17.5. The molecule has 1 N–H and O–H groups in total. The van der Waals surface area contributed by atoms with E-state index in [4.69, 9.17) is 14.7 Å². The van der Waals surface area contributed by atoms with Gasteiger partial charge in [-0.2, -0.15) is 5.10 Å². The smallest absolute Gasteiger partial charge is 0.257 e. The van der Waals surface area contributed by atoms with E-state index < -0.39 is 0 Å². The second kappa shape index (κ2) is 8.31. The summed E-state index contributed by atoms with van der Waals surface area (Å²) >= 11 is 0. The molecule has 0 saturated carbocycles. The summed E-state index contributed by atoms with van der Waals surface area (Å²) in [5, 5.41) is 6.82. The molecule has 0 spiro atoms. The first-order chi connectivity index (χ1) is 16.0. The molecule has 0 unspecified atom stereocenters. The molecule has 1 aromatic carbocycles. The average molecular weight is 447 g/mol. The van der Waals surface area contributed by atoms with Gasteiger partial charge in [0, 0.05) is 23.5 Å². The van der Waals surface area contributed by atoms with Crippen LogP contribution in [-0.2, 0) is 17.8 Å². The first-order valence-corrected chi connectivity index (χ1v) is 11.1. The number of rotatable bonds is 5. The molecule has 170 valence electrons. The zero-order valence-electron chi connectivity index (χ0n) is 19.0. The number of nitrogens with zero attached hydrogens (tertiary/aromatic N) is 5. The molecule has 5 rings (SSSR count). The number of aromatic amines is 1. The van der Waals surface area contributed by atoms with Crippen LogP contribution in [0.25, 0.3) is 0 Å². The Morgan fingerprint density at radius 1 is 1.21 bits per heavy atom. The molecule has 3 aromatic rings. The van der Waals surface area contributed by atoms with Gasteiger partial charge in [0.25, 0.3) is 5.91 Å². The van der Waals surface area contributed by atoms with Crippen molar-refractivity contribution >= 4 is 17.6 Å². The fourth-order valence-corrected chi connectivity index (χ4v) is 4.62. The van der Waals surface area contributed by atoms with E-state index >= 15 is 0 Å². The lowest BCUT2D eigenvalue weighted by molar-refractivity contribution is -0.117. The van der Waals surface area contributed by atoms with Gasteiger partial charge in [-0.3, -0.25) is 19.6 Å². The van der Waals surface area contributed by atoms with Crippen molar-refractivity contribution in [2.75, 3.05) is 18.6 Å². The van der Waals surface area contributed by atoms with Crippen molar-refractivity contribution < 1.29 is 14.3 Å². The number of carbonyl (C=O) groups excluding carboxylic acids is 2. The maximum atomic E-state index is 13.2. The zero-order valence-corrected chi connectivity index (χ0v) is 19.0. The molecule has 4 heterocycles. The van der Waals surface area contributed by atoms with Crippen LogP contribution in [-0.4, -0.2) is 50.5 Å². The quantitative estimate of drug-likeness (QED) is 0.646. The minimum absolute atomic E-state index is 0.00347. The van der Waals surface area contributed by atoms with Crippen LogP contribution in [0.15, 0.2) is 30.5 Å². The number of methoxy groups -OCH3 is 1. The van der Waals surface area contributed by atoms with Crippen molar-refractivity contribution in [1.82, 2.24) is 25.1 Å². The van der Waals surface area contributed by atoms with E-state index in [1.165, 1.54) is 0 Å². The van der Waals surface area contributed by atoms with Crippen molar-refractivity contribution in [3.05, 3.63) is 64.4 Å². The van der Waals surface area contributed by atoms with E-state index in [2.05, 4.69) is 10.2 Å². The SMILES string of the molecule is COc1ccc(CN2C(=O)Cc3c(C)nc([C@@H]4CCCN4C(=O)c4cn[nH]c4C)nc32)cc1. The molecule has 9 heteroatoms. The van der Waals surface area contributed by atoms with Gasteiger partial charge >= 0.3 is 0 Å². The summed E-state index contributed by atoms with van der Waals surface area (Å²) < 4.78 is 5.23. The molecule has 1 saturated heterocycles. The highest BCUT2D eigenvalue weighted by Crippen LogP contribution is 2.36. The topological polar surface area (TPSA) is 104 Å². The molecular weight excluding hydrogens is 420 g/mol. The number of H-pyrrole nitrogens is 1. The van der Waals surface area contributed by atoms with Gasteiger partial charge in [-0.05, 0) is 44.4 Å². The first-order valence-electron chi connectivity index (χ1n) is 11.1. The largest absolute Gasteiger partial charge is 0.497 e. The Labute approximate surface area is 191 Å². The van der Waals surface area contributed by atoms with Crippen LogP contribution in [0, 0.1) is 13.8 Å². The van der Waals surface area contributed by atoms with Gasteiger partial charge in [-0.1, -0.05) is 12.1 Å². The van der Waals surface area contributed by atoms with E-state index in [1.54, 1.807) is 18.2 Å². The summed E-state index contributed by atoms with van der Waals surface area (Å²) in [4.78, 5) is 39.2. The Hall–Kier alpha value is -3.75. The van der Waals surface area contributed by atoms with E-state index in [0.717, 1.165) is 41.1 Å². The average Bonchev–Trinajstić information content (AvgIpc) is 3.54. The standard InChI is InChI=1S/C24H26N6O3/c1-14-18-11-21(31)30(13-16-6-8-17(33-3)9-7-16)23(18)27-22(26-14)20-5-4-10-29(20)24(32)19-12-25-28-15(19)2/h6-9,12,20H,4-5,10-11,13H2,1-3H3,(H,25,28)/t20-/m0/s1. The Bertz CT molecular complexity index is 1220. The van der Waals surface area contributed by atoms with Crippen molar-refractivity contribution in [3.63, 3.8) is 0 Å². The Balaban J connectivity index is 1.46. The highest BCUT2D eigenvalue weighted by Gasteiger charge is 2.37. The number of hydrogen-bond acceptors (Lipinski definition) is 6. The first kappa shape index (κ1) is 21.1. The molecule has 1 fully saturated rings. The fraction of sp³-hybridized carbons (Fsp3) is 0.375. The van der Waals surface area contributed by atoms with Gasteiger partial charge in [0.1, 0.15) is 11.6 Å². The second-order valence-corrected chi connectivity index (χ2v) is 8.54. The third-order valence-corrected chi connectivity index (χ3v) is 6.47. The molecule has 0 aliphatic carbocycles. The number of nitrogens with one attached hydrogen (secondary N) is 1. The number of likely N-dealkylation sites (tertiary alicyclic amines) is 1. The van der Waals surface area contributed by atoms with Gasteiger partial charge in [-0.25, -0.2) is 9.97 Å². The molecule has 9 nitrogen and oxygen atoms in total. The lowest BCUT2D eigenvalue weighted by Crippen LogP contribution is -2.32. The third-order valence-electron chi connectivity index (χ3n) is 6.47. The van der Waals surface area contributed by atoms with Crippen LogP contribution in [0.4, 0.5) is 5.82 Å². The molecule has 2 aromatic heterocycles. The molecule has 2 amide bonds. The van der Waals surface area contributed by atoms with Crippen LogP contribution in [0.2, 0.25) is 0 Å². The maximum absolute atomic E-state index is 13.2. The van der Waals surface area contributed by atoms with Gasteiger partial charge < -0.3 is 9.64 Å². The monoisotopic (exact) mass is 446 g/mol. The van der Waals surface area contributed by atoms with Gasteiger partial charge in [0.05, 0.1) is 37.9 Å². The van der Waals surface area contributed by atoms with Crippen LogP contribution < -0.4 is 9.64 Å². The van der Waals surface area contributed by atoms with Crippen molar-refractivity contribution in [3.8, 4) is 5.75 Å². The molecule has 2 aliphatic heterocycles. The number of fused-ring (bicyclic) bond motifs is 1. The van der Waals surface area contributed by atoms with E-state index in [9.17, 15) is 9.59 Å². The highest BCUT2D eigenvalue weighted by molar-refractivity contribution is 6.00. The maximum Gasteiger partial charge on any atom is 0.257 e. The Morgan fingerprint density at radius 2 is 2.00 bits per heavy atom. The Morgan fingerprint density at radius 3 is 2.70 bits per heavy atom. The second-order valence-electron chi connectivity index (χ2n) is 8.54. The van der Waals surface area contributed by atoms with Crippen molar-refractivity contribution in [2.45, 2.75) is 45.7 Å². The minimum atomic E-state index is -0.227. The summed E-state index contributed by atoms with van der Waals surface area (Å²) in [5.74, 6) is 1.94. The lowest BCUT2D eigenvalue weighted by Gasteiger charge is -2.25. The lowest BCUT2D eigenvalue weighted by atomic mass is 10.1. The summed E-state index contributed by atoms with van der Waals surface area (Å²) in [5.41, 5.74) is 3.95. The number of benzene rings is 1. The third kappa shape index (κ3) is 3.73. The summed E-state index contributed by atoms with van der Waals surface area (Å²) in [6.07, 6.45) is 3.52. The molecular formula is C24H26N6O3. The number of anilines is 1. The molecule has 33 heavy (non-hydrogen) atoms. The van der Waals surface area contributed by atoms with E-state index in [0.29, 0.717) is 36.7 Å². The molecule has 0 bridgehead atoms. The summed E-state index contributed by atoms with van der Waals surface area (Å²) in [6.45, 7) is 4.81. The fourth-order valence-electron chi connectivity index (χ4n) is 4.62. The molecule has 0 radical (unpaired) electrons. The van der Waals surface area contributed by atoms with E-state index in [1.807, 2.05) is 43.0 Å². The zero-order chi connectivity index (χ0) is 23.1. The van der Waals surface area contributed by atoms with Crippen LogP contribution >= 0.6 is 0 Å².